The molecule has 0 aliphatic heterocycles. The molecular weight excluding hydrogens is 214 g/mol. The molecule has 1 N–H and O–H groups in total. The molecule has 1 aliphatic carbocycles. The Bertz CT molecular complexity index is 433. The van der Waals surface area contributed by atoms with Crippen LogP contribution in [0.25, 0.3) is 0 Å². The van der Waals surface area contributed by atoms with Crippen LogP contribution in [0.4, 0.5) is 11.6 Å². The molecule has 0 atom stereocenters. The van der Waals surface area contributed by atoms with Crippen molar-refractivity contribution < 1.29 is 0 Å². The van der Waals surface area contributed by atoms with Crippen molar-refractivity contribution in [1.29, 1.82) is 5.26 Å². The van der Waals surface area contributed by atoms with Gasteiger partial charge in [0.05, 0.1) is 0 Å². The summed E-state index contributed by atoms with van der Waals surface area (Å²) < 4.78 is 0. The van der Waals surface area contributed by atoms with Gasteiger partial charge in [-0.25, -0.2) is 9.97 Å². The molecule has 5 nitrogen and oxygen atoms in total. The van der Waals surface area contributed by atoms with E-state index in [0.29, 0.717) is 11.6 Å². The lowest BCUT2D eigenvalue weighted by Crippen LogP contribution is -2.30. The molecule has 1 fully saturated rings. The summed E-state index contributed by atoms with van der Waals surface area (Å²) in [5.74, 6) is 2.92. The van der Waals surface area contributed by atoms with Gasteiger partial charge in [0.25, 0.3) is 0 Å². The van der Waals surface area contributed by atoms with Crippen molar-refractivity contribution in [2.45, 2.75) is 26.2 Å². The van der Waals surface area contributed by atoms with Crippen LogP contribution in [0.1, 0.15) is 25.1 Å². The monoisotopic (exact) mass is 231 g/mol. The molecule has 0 spiro atoms. The first-order chi connectivity index (χ1) is 8.19. The van der Waals surface area contributed by atoms with Crippen molar-refractivity contribution in [1.82, 2.24) is 9.97 Å². The molecular formula is C12H17N5. The summed E-state index contributed by atoms with van der Waals surface area (Å²) >= 11 is 0. The summed E-state index contributed by atoms with van der Waals surface area (Å²) in [6.45, 7) is 2.87. The molecule has 5 heteroatoms. The van der Waals surface area contributed by atoms with Gasteiger partial charge >= 0.3 is 0 Å². The minimum absolute atomic E-state index is 0.565. The van der Waals surface area contributed by atoms with Gasteiger partial charge in [0.15, 0.2) is 6.19 Å². The Kier molecular flexibility index (Phi) is 3.43. The zero-order chi connectivity index (χ0) is 12.3. The molecule has 1 aromatic rings. The number of nitrogens with zero attached hydrogens (tertiary/aromatic N) is 4. The van der Waals surface area contributed by atoms with Gasteiger partial charge in [0.2, 0.25) is 0 Å². The highest BCUT2D eigenvalue weighted by molar-refractivity contribution is 5.50. The van der Waals surface area contributed by atoms with Gasteiger partial charge in [-0.15, -0.1) is 0 Å². The lowest BCUT2D eigenvalue weighted by atomic mass is 9.85. The number of aryl methyl sites for hydroxylation is 1. The predicted octanol–water partition coefficient (Wildman–Crippen LogP) is 1.91. The van der Waals surface area contributed by atoms with E-state index in [1.54, 1.807) is 0 Å². The second kappa shape index (κ2) is 5.00. The van der Waals surface area contributed by atoms with Crippen LogP contribution in [0, 0.1) is 24.3 Å². The van der Waals surface area contributed by atoms with E-state index in [-0.39, 0.29) is 0 Å². The molecule has 0 amide bonds. The number of rotatable bonds is 4. The molecule has 0 aromatic carbocycles. The normalized spacial score (nSPS) is 14.9. The quantitative estimate of drug-likeness (QED) is 0.633. The van der Waals surface area contributed by atoms with Crippen molar-refractivity contribution in [3.8, 4) is 6.19 Å². The fraction of sp³-hybridized carbons (Fsp3) is 0.583. The molecule has 1 aliphatic rings. The second-order valence-corrected chi connectivity index (χ2v) is 4.57. The number of hydrogen-bond acceptors (Lipinski definition) is 5. The van der Waals surface area contributed by atoms with E-state index in [2.05, 4.69) is 20.2 Å². The highest BCUT2D eigenvalue weighted by atomic mass is 15.2. The Hall–Kier alpha value is -1.83. The Morgan fingerprint density at radius 1 is 1.53 bits per heavy atom. The number of nitrogens with one attached hydrogen (secondary N) is 1. The first kappa shape index (κ1) is 11.6. The summed E-state index contributed by atoms with van der Waals surface area (Å²) in [6, 6.07) is 1.81. The van der Waals surface area contributed by atoms with Crippen LogP contribution < -0.4 is 10.2 Å². The molecule has 0 bridgehead atoms. The van der Waals surface area contributed by atoms with Crippen molar-refractivity contribution in [3.63, 3.8) is 0 Å². The smallest absolute Gasteiger partial charge is 0.182 e. The highest BCUT2D eigenvalue weighted by Crippen LogP contribution is 2.28. The number of anilines is 2. The lowest BCUT2D eigenvalue weighted by Gasteiger charge is -2.30. The number of nitriles is 1. The fourth-order valence-electron chi connectivity index (χ4n) is 2.02. The topological polar surface area (TPSA) is 64.8 Å². The van der Waals surface area contributed by atoms with Crippen LogP contribution in [0.15, 0.2) is 6.07 Å². The van der Waals surface area contributed by atoms with Crippen molar-refractivity contribution >= 4 is 11.6 Å². The summed E-state index contributed by atoms with van der Waals surface area (Å²) in [5.41, 5.74) is 0. The molecule has 0 unspecified atom stereocenters. The third-order valence-corrected chi connectivity index (χ3v) is 3.16. The Balaban J connectivity index is 2.10. The van der Waals surface area contributed by atoms with Crippen molar-refractivity contribution in [2.24, 2.45) is 5.92 Å². The second-order valence-electron chi connectivity index (χ2n) is 4.57. The van der Waals surface area contributed by atoms with Gasteiger partial charge in [-0.3, -0.25) is 5.32 Å². The minimum Gasteiger partial charge on any atom is -0.359 e. The summed E-state index contributed by atoms with van der Waals surface area (Å²) in [7, 11) is 2.04. The van der Waals surface area contributed by atoms with Crippen molar-refractivity contribution in [3.05, 3.63) is 11.9 Å². The van der Waals surface area contributed by atoms with Crippen LogP contribution in [0.5, 0.6) is 0 Å². The Labute approximate surface area is 101 Å². The van der Waals surface area contributed by atoms with E-state index in [9.17, 15) is 0 Å². The Morgan fingerprint density at radius 3 is 2.88 bits per heavy atom. The molecule has 17 heavy (non-hydrogen) atoms. The van der Waals surface area contributed by atoms with Gasteiger partial charge in [0, 0.05) is 19.7 Å². The van der Waals surface area contributed by atoms with Crippen molar-refractivity contribution in [2.75, 3.05) is 23.8 Å². The molecule has 1 saturated carbocycles. The molecule has 2 rings (SSSR count). The number of aromatic nitrogens is 2. The summed E-state index contributed by atoms with van der Waals surface area (Å²) in [5, 5.41) is 11.2. The van der Waals surface area contributed by atoms with E-state index in [0.717, 1.165) is 18.3 Å². The summed E-state index contributed by atoms with van der Waals surface area (Å²) in [6.07, 6.45) is 5.87. The van der Waals surface area contributed by atoms with Crippen LogP contribution >= 0.6 is 0 Å². The largest absolute Gasteiger partial charge is 0.359 e. The fourth-order valence-corrected chi connectivity index (χ4v) is 2.02. The van der Waals surface area contributed by atoms with Crippen LogP contribution in [0.3, 0.4) is 0 Å². The molecule has 90 valence electrons. The summed E-state index contributed by atoms with van der Waals surface area (Å²) in [4.78, 5) is 10.7. The maximum absolute atomic E-state index is 8.60. The van der Waals surface area contributed by atoms with Crippen LogP contribution in [-0.4, -0.2) is 23.6 Å². The van der Waals surface area contributed by atoms with Gasteiger partial charge in [-0.05, 0) is 25.7 Å². The third-order valence-electron chi connectivity index (χ3n) is 3.16. The molecule has 0 saturated heterocycles. The minimum atomic E-state index is 0.565. The average Bonchev–Trinajstić information content (AvgIpc) is 2.23. The van der Waals surface area contributed by atoms with Gasteiger partial charge in [-0.1, -0.05) is 6.42 Å². The van der Waals surface area contributed by atoms with Crippen LogP contribution in [-0.2, 0) is 0 Å². The predicted molar refractivity (Wildman–Crippen MR) is 66.6 cm³/mol. The standard InChI is InChI=1S/C12H17N5/c1-9-15-11(14-8-13)6-12(16-9)17(2)7-10-4-3-5-10/h6,10H,3-5,7H2,1-2H3,(H,14,15,16). The van der Waals surface area contributed by atoms with Gasteiger partial charge < -0.3 is 4.90 Å². The van der Waals surface area contributed by atoms with E-state index >= 15 is 0 Å². The first-order valence-electron chi connectivity index (χ1n) is 5.91. The van der Waals surface area contributed by atoms with E-state index in [1.165, 1.54) is 19.3 Å². The highest BCUT2D eigenvalue weighted by Gasteiger charge is 2.20. The van der Waals surface area contributed by atoms with Gasteiger partial charge in [0.1, 0.15) is 17.5 Å². The average molecular weight is 231 g/mol. The zero-order valence-corrected chi connectivity index (χ0v) is 10.3. The van der Waals surface area contributed by atoms with E-state index in [4.69, 9.17) is 5.26 Å². The molecule has 0 radical (unpaired) electrons. The molecule has 1 heterocycles. The van der Waals surface area contributed by atoms with Gasteiger partial charge in [-0.2, -0.15) is 5.26 Å². The third kappa shape index (κ3) is 2.84. The van der Waals surface area contributed by atoms with E-state index < -0.39 is 0 Å². The number of hydrogen-bond donors (Lipinski definition) is 1. The Morgan fingerprint density at radius 2 is 2.29 bits per heavy atom. The maximum Gasteiger partial charge on any atom is 0.182 e. The molecule has 1 aromatic heterocycles. The first-order valence-corrected chi connectivity index (χ1v) is 5.91. The maximum atomic E-state index is 8.60. The zero-order valence-electron chi connectivity index (χ0n) is 10.3. The SMILES string of the molecule is Cc1nc(NC#N)cc(N(C)CC2CCC2)n1. The lowest BCUT2D eigenvalue weighted by molar-refractivity contribution is 0.321. The van der Waals surface area contributed by atoms with E-state index in [1.807, 2.05) is 26.2 Å². The van der Waals surface area contributed by atoms with Crippen LogP contribution in [0.2, 0.25) is 0 Å².